The van der Waals surface area contributed by atoms with Crippen molar-refractivity contribution in [1.82, 2.24) is 4.98 Å². The molecule has 2 aromatic carbocycles. The Kier molecular flexibility index (Phi) is 6.79. The third-order valence-electron chi connectivity index (χ3n) is 4.40. The highest BCUT2D eigenvalue weighted by atomic mass is 32.2. The number of thioether (sulfide) groups is 2. The number of para-hydroxylation sites is 1. The summed E-state index contributed by atoms with van der Waals surface area (Å²) in [6.45, 7) is 1.88. The maximum Gasteiger partial charge on any atom is 0.271 e. The van der Waals surface area contributed by atoms with Crippen LogP contribution in [-0.4, -0.2) is 29.0 Å². The van der Waals surface area contributed by atoms with E-state index in [0.717, 1.165) is 11.4 Å². The molecule has 1 saturated heterocycles. The molecule has 0 aliphatic carbocycles. The van der Waals surface area contributed by atoms with Crippen molar-refractivity contribution in [3.8, 4) is 5.75 Å². The summed E-state index contributed by atoms with van der Waals surface area (Å²) in [5.41, 5.74) is 2.99. The molecule has 4 rings (SSSR count). The number of hydrogen-bond donors (Lipinski definition) is 0. The van der Waals surface area contributed by atoms with Crippen LogP contribution in [0.15, 0.2) is 60.0 Å². The van der Waals surface area contributed by atoms with Crippen LogP contribution in [0.2, 0.25) is 0 Å². The molecule has 1 aliphatic heterocycles. The molecule has 1 fully saturated rings. The second-order valence-electron chi connectivity index (χ2n) is 6.62. The molecule has 0 atom stereocenters. The van der Waals surface area contributed by atoms with Crippen molar-refractivity contribution in [2.24, 2.45) is 0 Å². The Morgan fingerprint density at radius 2 is 1.83 bits per heavy atom. The molecule has 0 N–H and O–H groups in total. The summed E-state index contributed by atoms with van der Waals surface area (Å²) in [6, 6.07) is 17.7. The Morgan fingerprint density at radius 1 is 1.10 bits per heavy atom. The summed E-state index contributed by atoms with van der Waals surface area (Å²) in [5.74, 6) is 3.00. The zero-order chi connectivity index (χ0) is 20.1. The zero-order valence-corrected chi connectivity index (χ0v) is 18.6. The monoisotopic (exact) mass is 442 g/mol. The van der Waals surface area contributed by atoms with Crippen LogP contribution >= 0.6 is 34.9 Å². The van der Waals surface area contributed by atoms with Crippen molar-refractivity contribution in [3.05, 3.63) is 71.2 Å². The molecule has 0 radical (unpaired) electrons. The van der Waals surface area contributed by atoms with Crippen LogP contribution in [0.4, 0.5) is 10.8 Å². The molecule has 2 heterocycles. The Balaban J connectivity index is 1.44. The summed E-state index contributed by atoms with van der Waals surface area (Å²) < 4.78 is 6.31. The number of aryl methyl sites for hydroxylation is 1. The van der Waals surface area contributed by atoms with Gasteiger partial charge in [-0.15, -0.1) is 34.9 Å². The number of nitrogens with zero attached hydrogens (tertiary/aromatic N) is 2. The van der Waals surface area contributed by atoms with Crippen molar-refractivity contribution in [1.29, 1.82) is 0 Å². The lowest BCUT2D eigenvalue weighted by atomic mass is 10.2. The van der Waals surface area contributed by atoms with Gasteiger partial charge >= 0.3 is 0 Å². The fourth-order valence-electron chi connectivity index (χ4n) is 2.99. The van der Waals surface area contributed by atoms with Gasteiger partial charge in [-0.25, -0.2) is 4.98 Å². The molecule has 0 spiro atoms. The summed E-state index contributed by atoms with van der Waals surface area (Å²) in [7, 11) is 0. The van der Waals surface area contributed by atoms with Gasteiger partial charge in [-0.2, -0.15) is 0 Å². The van der Waals surface area contributed by atoms with Crippen molar-refractivity contribution in [3.63, 3.8) is 0 Å². The Hall–Kier alpha value is -1.96. The first-order chi connectivity index (χ1) is 14.2. The smallest absolute Gasteiger partial charge is 0.271 e. The summed E-state index contributed by atoms with van der Waals surface area (Å²) in [4.78, 5) is 19.1. The van der Waals surface area contributed by atoms with E-state index < -0.39 is 0 Å². The first kappa shape index (κ1) is 20.3. The van der Waals surface area contributed by atoms with Crippen LogP contribution in [0.3, 0.4) is 0 Å². The number of anilines is 2. The van der Waals surface area contributed by atoms with Gasteiger partial charge in [0.05, 0.1) is 16.0 Å². The van der Waals surface area contributed by atoms with Crippen LogP contribution in [0.5, 0.6) is 5.75 Å². The minimum absolute atomic E-state index is 0.0419. The maximum atomic E-state index is 13.0. The molecule has 1 amide bonds. The fraction of sp³-hybridized carbons (Fsp3) is 0.273. The molecule has 3 aromatic rings. The van der Waals surface area contributed by atoms with E-state index in [-0.39, 0.29) is 12.5 Å². The van der Waals surface area contributed by atoms with Gasteiger partial charge in [0.1, 0.15) is 5.75 Å². The molecule has 0 unspecified atom stereocenters. The zero-order valence-electron chi connectivity index (χ0n) is 16.1. The van der Waals surface area contributed by atoms with Crippen LogP contribution in [-0.2, 0) is 4.79 Å². The fourth-order valence-corrected chi connectivity index (χ4v) is 6.73. The van der Waals surface area contributed by atoms with E-state index in [1.54, 1.807) is 4.90 Å². The van der Waals surface area contributed by atoms with Gasteiger partial charge in [0.15, 0.2) is 11.7 Å². The Bertz CT molecular complexity index is 938. The average Bonchev–Trinajstić information content (AvgIpc) is 3.20. The second-order valence-corrected chi connectivity index (χ2v) is 10.2. The largest absolute Gasteiger partial charge is 0.484 e. The number of hydrogen-bond acceptors (Lipinski definition) is 6. The van der Waals surface area contributed by atoms with E-state index in [1.807, 2.05) is 78.3 Å². The first-order valence-electron chi connectivity index (χ1n) is 9.47. The highest BCUT2D eigenvalue weighted by Crippen LogP contribution is 2.43. The quantitative estimate of drug-likeness (QED) is 0.464. The van der Waals surface area contributed by atoms with E-state index in [0.29, 0.717) is 15.5 Å². The lowest BCUT2D eigenvalue weighted by molar-refractivity contribution is -0.119. The first-order valence-corrected chi connectivity index (χ1v) is 12.4. The molecule has 4 nitrogen and oxygen atoms in total. The molecule has 1 aromatic heterocycles. The number of aromatic nitrogens is 1. The van der Waals surface area contributed by atoms with Crippen LogP contribution in [0.1, 0.15) is 22.3 Å². The molecule has 7 heteroatoms. The van der Waals surface area contributed by atoms with Gasteiger partial charge in [-0.05, 0) is 54.7 Å². The summed E-state index contributed by atoms with van der Waals surface area (Å²) in [5, 5.41) is 2.60. The topological polar surface area (TPSA) is 42.4 Å². The molecule has 29 heavy (non-hydrogen) atoms. The number of amides is 1. The molecule has 150 valence electrons. The van der Waals surface area contributed by atoms with E-state index in [4.69, 9.17) is 4.74 Å². The average molecular weight is 443 g/mol. The van der Waals surface area contributed by atoms with Crippen molar-refractivity contribution in [2.45, 2.75) is 17.9 Å². The van der Waals surface area contributed by atoms with Gasteiger partial charge in [-0.1, -0.05) is 30.3 Å². The SMILES string of the molecule is Cc1csc(N(C(=O)COc2ccc(C3SCCCS3)cc2)c2ccccc2)n1. The highest BCUT2D eigenvalue weighted by molar-refractivity contribution is 8.16. The van der Waals surface area contributed by atoms with E-state index in [9.17, 15) is 4.79 Å². The van der Waals surface area contributed by atoms with E-state index >= 15 is 0 Å². The van der Waals surface area contributed by atoms with Crippen LogP contribution in [0, 0.1) is 6.92 Å². The number of carbonyl (C=O) groups excluding carboxylic acids is 1. The van der Waals surface area contributed by atoms with Gasteiger partial charge in [0.2, 0.25) is 0 Å². The van der Waals surface area contributed by atoms with Gasteiger partial charge in [0.25, 0.3) is 5.91 Å². The predicted octanol–water partition coefficient (Wildman–Crippen LogP) is 6.06. The third-order valence-corrected chi connectivity index (χ3v) is 8.36. The minimum atomic E-state index is -0.145. The van der Waals surface area contributed by atoms with Gasteiger partial charge < -0.3 is 4.74 Å². The molecule has 1 aliphatic rings. The van der Waals surface area contributed by atoms with Crippen molar-refractivity contribution < 1.29 is 9.53 Å². The third kappa shape index (κ3) is 5.15. The van der Waals surface area contributed by atoms with E-state index in [2.05, 4.69) is 17.1 Å². The number of rotatable bonds is 6. The Labute approximate surface area is 183 Å². The predicted molar refractivity (Wildman–Crippen MR) is 125 cm³/mol. The number of benzene rings is 2. The van der Waals surface area contributed by atoms with Gasteiger partial charge in [-0.3, -0.25) is 9.69 Å². The normalized spacial score (nSPS) is 14.5. The van der Waals surface area contributed by atoms with E-state index in [1.165, 1.54) is 34.8 Å². The number of thiazole rings is 1. The molecule has 0 saturated carbocycles. The standard InChI is InChI=1S/C22H22N2O2S3/c1-16-15-29-22(23-16)24(18-6-3-2-4-7-18)20(25)14-26-19-10-8-17(9-11-19)21-27-12-5-13-28-21/h2-4,6-11,15,21H,5,12-14H2,1H3. The van der Waals surface area contributed by atoms with Gasteiger partial charge in [0, 0.05) is 5.38 Å². The molecule has 0 bridgehead atoms. The maximum absolute atomic E-state index is 13.0. The number of carbonyl (C=O) groups is 1. The minimum Gasteiger partial charge on any atom is -0.484 e. The van der Waals surface area contributed by atoms with Crippen molar-refractivity contribution in [2.75, 3.05) is 23.0 Å². The highest BCUT2D eigenvalue weighted by Gasteiger charge is 2.21. The lowest BCUT2D eigenvalue weighted by Crippen LogP contribution is -2.30. The molecular weight excluding hydrogens is 420 g/mol. The Morgan fingerprint density at radius 3 is 2.48 bits per heavy atom. The second kappa shape index (κ2) is 9.69. The summed E-state index contributed by atoms with van der Waals surface area (Å²) >= 11 is 5.45. The van der Waals surface area contributed by atoms with Crippen LogP contribution < -0.4 is 9.64 Å². The molecular formula is C22H22N2O2S3. The lowest BCUT2D eigenvalue weighted by Gasteiger charge is -2.22. The summed E-state index contributed by atoms with van der Waals surface area (Å²) in [6.07, 6.45) is 1.28. The van der Waals surface area contributed by atoms with Crippen LogP contribution in [0.25, 0.3) is 0 Å². The number of ether oxygens (including phenoxy) is 1. The van der Waals surface area contributed by atoms with Crippen molar-refractivity contribution >= 4 is 51.6 Å².